The van der Waals surface area contributed by atoms with Gasteiger partial charge in [-0.3, -0.25) is 0 Å². The fourth-order valence-corrected chi connectivity index (χ4v) is 2.53. The number of aliphatic hydroxyl groups is 1. The van der Waals surface area contributed by atoms with Crippen LogP contribution >= 0.6 is 0 Å². The highest BCUT2D eigenvalue weighted by Gasteiger charge is 2.15. The van der Waals surface area contributed by atoms with Gasteiger partial charge >= 0.3 is 0 Å². The van der Waals surface area contributed by atoms with Gasteiger partial charge in [-0.25, -0.2) is 0 Å². The first-order valence-electron chi connectivity index (χ1n) is 7.87. The molecule has 0 saturated heterocycles. The van der Waals surface area contributed by atoms with Gasteiger partial charge in [0.1, 0.15) is 0 Å². The van der Waals surface area contributed by atoms with E-state index in [0.717, 1.165) is 5.92 Å². The molecule has 1 atom stereocenters. The molecule has 1 unspecified atom stereocenters. The lowest BCUT2D eigenvalue weighted by molar-refractivity contribution is 0.171. The van der Waals surface area contributed by atoms with E-state index in [1.807, 2.05) is 0 Å². The number of unbranched alkanes of at least 4 members (excludes halogenated alkanes) is 6. The molecule has 0 aromatic carbocycles. The molecule has 1 nitrogen and oxygen atoms in total. The van der Waals surface area contributed by atoms with Crippen LogP contribution in [0.4, 0.5) is 0 Å². The van der Waals surface area contributed by atoms with Crippen molar-refractivity contribution in [3.05, 3.63) is 0 Å². The number of hydrogen-bond donors (Lipinski definition) is 1. The Balaban J connectivity index is 3.72. The minimum atomic E-state index is 0.367. The second-order valence-corrected chi connectivity index (χ2v) is 5.62. The van der Waals surface area contributed by atoms with Crippen LogP contribution in [-0.2, 0) is 0 Å². The smallest absolute Gasteiger partial charge is 0.0459 e. The summed E-state index contributed by atoms with van der Waals surface area (Å²) in [6, 6.07) is 0. The van der Waals surface area contributed by atoms with Gasteiger partial charge in [-0.2, -0.15) is 0 Å². The maximum absolute atomic E-state index is 9.31. The number of rotatable bonds is 12. The maximum Gasteiger partial charge on any atom is 0.0459 e. The molecule has 0 aliphatic carbocycles. The summed E-state index contributed by atoms with van der Waals surface area (Å²) in [6.07, 6.45) is 13.5. The lowest BCUT2D eigenvalue weighted by atomic mass is 9.85. The van der Waals surface area contributed by atoms with E-state index in [1.165, 1.54) is 64.2 Å². The summed E-state index contributed by atoms with van der Waals surface area (Å²) in [5.74, 6) is 1.26. The fraction of sp³-hybridized carbons (Fsp3) is 1.00. The van der Waals surface area contributed by atoms with E-state index in [1.54, 1.807) is 0 Å². The third-order valence-corrected chi connectivity index (χ3v) is 3.95. The highest BCUT2D eigenvalue weighted by atomic mass is 16.3. The lowest BCUT2D eigenvalue weighted by Gasteiger charge is -2.22. The molecule has 0 saturated carbocycles. The Kier molecular flexibility index (Phi) is 12.4. The van der Waals surface area contributed by atoms with Gasteiger partial charge in [0.05, 0.1) is 0 Å². The Morgan fingerprint density at radius 1 is 0.765 bits per heavy atom. The zero-order valence-corrected chi connectivity index (χ0v) is 12.4. The summed E-state index contributed by atoms with van der Waals surface area (Å²) in [7, 11) is 0. The third-order valence-electron chi connectivity index (χ3n) is 3.95. The Bertz CT molecular complexity index is 132. The minimum Gasteiger partial charge on any atom is -0.396 e. The van der Waals surface area contributed by atoms with Crippen molar-refractivity contribution >= 4 is 0 Å². The van der Waals surface area contributed by atoms with Crippen LogP contribution in [0.25, 0.3) is 0 Å². The summed E-state index contributed by atoms with van der Waals surface area (Å²) >= 11 is 0. The first-order valence-corrected chi connectivity index (χ1v) is 7.87. The third kappa shape index (κ3) is 9.64. The number of aliphatic hydroxyl groups excluding tert-OH is 1. The van der Waals surface area contributed by atoms with Gasteiger partial charge in [-0.15, -0.1) is 0 Å². The highest BCUT2D eigenvalue weighted by molar-refractivity contribution is 4.66. The molecule has 0 aliphatic rings. The molecule has 0 rings (SSSR count). The first-order chi connectivity index (χ1) is 8.26. The fourth-order valence-electron chi connectivity index (χ4n) is 2.53. The molecule has 1 heteroatoms. The van der Waals surface area contributed by atoms with E-state index in [0.29, 0.717) is 12.5 Å². The normalized spacial score (nSPS) is 13.2. The van der Waals surface area contributed by atoms with Crippen molar-refractivity contribution in [2.75, 3.05) is 6.61 Å². The van der Waals surface area contributed by atoms with Crippen molar-refractivity contribution in [2.24, 2.45) is 11.8 Å². The summed E-state index contributed by atoms with van der Waals surface area (Å²) in [6.45, 7) is 7.10. The molecule has 0 radical (unpaired) electrons. The minimum absolute atomic E-state index is 0.367. The zero-order chi connectivity index (χ0) is 12.9. The second kappa shape index (κ2) is 12.4. The van der Waals surface area contributed by atoms with E-state index < -0.39 is 0 Å². The standard InChI is InChI=1S/C16H34O/c1-4-6-8-10-12-16(15(3)14-17)13-11-9-7-5-2/h15-17H,4-14H2,1-3H3. The molecule has 0 fully saturated rings. The molecule has 0 aliphatic heterocycles. The molecule has 1 N–H and O–H groups in total. The first kappa shape index (κ1) is 17.0. The molecular weight excluding hydrogens is 208 g/mol. The summed E-state index contributed by atoms with van der Waals surface area (Å²) in [4.78, 5) is 0. The summed E-state index contributed by atoms with van der Waals surface area (Å²) in [5.41, 5.74) is 0. The van der Waals surface area contributed by atoms with E-state index >= 15 is 0 Å². The average Bonchev–Trinajstić information content (AvgIpc) is 2.36. The van der Waals surface area contributed by atoms with Crippen LogP contribution in [-0.4, -0.2) is 11.7 Å². The summed E-state index contributed by atoms with van der Waals surface area (Å²) in [5, 5.41) is 9.31. The van der Waals surface area contributed by atoms with Gasteiger partial charge in [-0.05, 0) is 11.8 Å². The topological polar surface area (TPSA) is 20.2 Å². The molecule has 0 aromatic rings. The Hall–Kier alpha value is -0.0400. The van der Waals surface area contributed by atoms with Gasteiger partial charge in [0.2, 0.25) is 0 Å². The predicted octanol–water partition coefficient (Wildman–Crippen LogP) is 5.17. The molecule has 0 heterocycles. The van der Waals surface area contributed by atoms with E-state index in [9.17, 15) is 5.11 Å². The molecule has 0 aromatic heterocycles. The van der Waals surface area contributed by atoms with Crippen LogP contribution in [0.15, 0.2) is 0 Å². The van der Waals surface area contributed by atoms with Crippen LogP contribution in [0, 0.1) is 11.8 Å². The largest absolute Gasteiger partial charge is 0.396 e. The highest BCUT2D eigenvalue weighted by Crippen LogP contribution is 2.25. The van der Waals surface area contributed by atoms with Crippen molar-refractivity contribution in [3.63, 3.8) is 0 Å². The van der Waals surface area contributed by atoms with E-state index in [2.05, 4.69) is 20.8 Å². The van der Waals surface area contributed by atoms with E-state index in [4.69, 9.17) is 0 Å². The summed E-state index contributed by atoms with van der Waals surface area (Å²) < 4.78 is 0. The number of hydrogen-bond acceptors (Lipinski definition) is 1. The SMILES string of the molecule is CCCCCCC(CCCCCC)C(C)CO. The Morgan fingerprint density at radius 3 is 1.59 bits per heavy atom. The van der Waals surface area contributed by atoms with Crippen LogP contribution in [0.1, 0.15) is 85.0 Å². The van der Waals surface area contributed by atoms with Gasteiger partial charge in [0.25, 0.3) is 0 Å². The Labute approximate surface area is 109 Å². The van der Waals surface area contributed by atoms with E-state index in [-0.39, 0.29) is 0 Å². The molecule has 0 spiro atoms. The van der Waals surface area contributed by atoms with Crippen molar-refractivity contribution in [2.45, 2.75) is 85.0 Å². The van der Waals surface area contributed by atoms with Gasteiger partial charge in [0, 0.05) is 6.61 Å². The zero-order valence-electron chi connectivity index (χ0n) is 12.4. The van der Waals surface area contributed by atoms with Crippen molar-refractivity contribution < 1.29 is 5.11 Å². The molecular formula is C16H34O. The van der Waals surface area contributed by atoms with Crippen LogP contribution < -0.4 is 0 Å². The molecule has 104 valence electrons. The van der Waals surface area contributed by atoms with Gasteiger partial charge in [-0.1, -0.05) is 85.0 Å². The predicted molar refractivity (Wildman–Crippen MR) is 77.3 cm³/mol. The molecule has 0 bridgehead atoms. The van der Waals surface area contributed by atoms with Crippen molar-refractivity contribution in [1.82, 2.24) is 0 Å². The van der Waals surface area contributed by atoms with Crippen molar-refractivity contribution in [1.29, 1.82) is 0 Å². The second-order valence-electron chi connectivity index (χ2n) is 5.62. The maximum atomic E-state index is 9.31. The van der Waals surface area contributed by atoms with Gasteiger partial charge < -0.3 is 5.11 Å². The van der Waals surface area contributed by atoms with Crippen LogP contribution in [0.2, 0.25) is 0 Å². The van der Waals surface area contributed by atoms with Gasteiger partial charge in [0.15, 0.2) is 0 Å². The quantitative estimate of drug-likeness (QED) is 0.468. The lowest BCUT2D eigenvalue weighted by Crippen LogP contribution is -2.15. The van der Waals surface area contributed by atoms with Crippen molar-refractivity contribution in [3.8, 4) is 0 Å². The molecule has 0 amide bonds. The monoisotopic (exact) mass is 242 g/mol. The Morgan fingerprint density at radius 2 is 1.24 bits per heavy atom. The molecule has 17 heavy (non-hydrogen) atoms. The van der Waals surface area contributed by atoms with Crippen LogP contribution in [0.3, 0.4) is 0 Å². The average molecular weight is 242 g/mol. The van der Waals surface area contributed by atoms with Crippen LogP contribution in [0.5, 0.6) is 0 Å².